The van der Waals surface area contributed by atoms with Crippen molar-refractivity contribution in [2.24, 2.45) is 0 Å². The van der Waals surface area contributed by atoms with Crippen molar-refractivity contribution in [2.45, 2.75) is 25.1 Å². The van der Waals surface area contributed by atoms with Gasteiger partial charge in [0.05, 0.1) is 18.7 Å². The van der Waals surface area contributed by atoms with Crippen molar-refractivity contribution < 1.29 is 5.11 Å². The Bertz CT molecular complexity index is 727. The number of halogens is 2. The third-order valence-corrected chi connectivity index (χ3v) is 4.27. The zero-order valence-electron chi connectivity index (χ0n) is 11.2. The van der Waals surface area contributed by atoms with E-state index in [9.17, 15) is 9.90 Å². The largest absolute Gasteiger partial charge is 0.391 e. The second kappa shape index (κ2) is 5.46. The lowest BCUT2D eigenvalue weighted by atomic mass is 10.1. The van der Waals surface area contributed by atoms with Gasteiger partial charge in [-0.3, -0.25) is 9.88 Å². The smallest absolute Gasteiger partial charge is 0.340 e. The van der Waals surface area contributed by atoms with Crippen LogP contribution in [0.4, 0.5) is 0 Å². The monoisotopic (exact) mass is 328 g/mol. The van der Waals surface area contributed by atoms with Crippen molar-refractivity contribution in [2.75, 3.05) is 7.05 Å². The van der Waals surface area contributed by atoms with Gasteiger partial charge < -0.3 is 5.11 Å². The van der Waals surface area contributed by atoms with Crippen LogP contribution in [-0.2, 0) is 13.0 Å². The van der Waals surface area contributed by atoms with Gasteiger partial charge in [-0.15, -0.1) is 0 Å². The van der Waals surface area contributed by atoms with E-state index < -0.39 is 6.10 Å². The lowest BCUT2D eigenvalue weighted by molar-refractivity contribution is 0.0711. The number of aliphatic hydroxyl groups excluding tert-OH is 1. The van der Waals surface area contributed by atoms with Crippen molar-refractivity contribution in [3.63, 3.8) is 0 Å². The Hall–Kier alpha value is -1.34. The molecule has 6 nitrogen and oxygen atoms in total. The molecule has 1 heterocycles. The van der Waals surface area contributed by atoms with Crippen LogP contribution in [0, 0.1) is 0 Å². The summed E-state index contributed by atoms with van der Waals surface area (Å²) in [4.78, 5) is 15.6. The van der Waals surface area contributed by atoms with Crippen molar-refractivity contribution in [1.29, 1.82) is 0 Å². The molecular formula is C13H14Cl2N4O2. The molecule has 0 fully saturated rings. The summed E-state index contributed by atoms with van der Waals surface area (Å²) < 4.78 is 0. The molecule has 0 radical (unpaired) electrons. The lowest BCUT2D eigenvalue weighted by Gasteiger charge is -2.27. The minimum absolute atomic E-state index is 0.239. The molecule has 3 N–H and O–H groups in total. The first-order valence-electron chi connectivity index (χ1n) is 6.45. The number of rotatable bonds is 3. The molecule has 8 heteroatoms. The molecule has 0 bridgehead atoms. The SMILES string of the molecule is CN(Cc1n[nH]c(=O)[nH]1)[C@@H]1c2cc(Cl)cc(Cl)c2C[C@@H]1O. The molecule has 3 rings (SSSR count). The summed E-state index contributed by atoms with van der Waals surface area (Å²) >= 11 is 12.3. The summed E-state index contributed by atoms with van der Waals surface area (Å²) in [6, 6.07) is 3.27. The molecule has 0 spiro atoms. The van der Waals surface area contributed by atoms with E-state index in [1.807, 2.05) is 18.0 Å². The Morgan fingerprint density at radius 2 is 2.24 bits per heavy atom. The molecule has 1 aliphatic rings. The molecule has 1 aliphatic carbocycles. The van der Waals surface area contributed by atoms with E-state index >= 15 is 0 Å². The van der Waals surface area contributed by atoms with E-state index in [2.05, 4.69) is 15.2 Å². The van der Waals surface area contributed by atoms with E-state index in [0.717, 1.165) is 11.1 Å². The Morgan fingerprint density at radius 1 is 1.48 bits per heavy atom. The molecule has 0 saturated heterocycles. The lowest BCUT2D eigenvalue weighted by Crippen LogP contribution is -2.31. The molecule has 0 amide bonds. The first-order chi connectivity index (χ1) is 9.95. The van der Waals surface area contributed by atoms with Gasteiger partial charge in [-0.2, -0.15) is 5.10 Å². The molecule has 1 aromatic heterocycles. The average Bonchev–Trinajstić information content (AvgIpc) is 2.92. The van der Waals surface area contributed by atoms with Crippen LogP contribution in [0.25, 0.3) is 0 Å². The fraction of sp³-hybridized carbons (Fsp3) is 0.385. The van der Waals surface area contributed by atoms with Crippen LogP contribution in [0.5, 0.6) is 0 Å². The Kier molecular flexibility index (Phi) is 3.79. The highest BCUT2D eigenvalue weighted by Crippen LogP contribution is 2.40. The van der Waals surface area contributed by atoms with Gasteiger partial charge in [-0.1, -0.05) is 23.2 Å². The van der Waals surface area contributed by atoms with Crippen molar-refractivity contribution >= 4 is 23.2 Å². The molecule has 0 saturated carbocycles. The van der Waals surface area contributed by atoms with Crippen molar-refractivity contribution in [3.05, 3.63) is 49.6 Å². The van der Waals surface area contributed by atoms with Crippen LogP contribution in [0.1, 0.15) is 23.0 Å². The molecule has 2 atom stereocenters. The van der Waals surface area contributed by atoms with E-state index in [0.29, 0.717) is 28.8 Å². The van der Waals surface area contributed by atoms with Gasteiger partial charge in [0.1, 0.15) is 5.82 Å². The number of aromatic nitrogens is 3. The summed E-state index contributed by atoms with van der Waals surface area (Å²) in [6.45, 7) is 0.393. The van der Waals surface area contributed by atoms with Gasteiger partial charge >= 0.3 is 5.69 Å². The molecule has 0 unspecified atom stereocenters. The number of nitrogens with zero attached hydrogens (tertiary/aromatic N) is 2. The van der Waals surface area contributed by atoms with Crippen LogP contribution < -0.4 is 5.69 Å². The highest BCUT2D eigenvalue weighted by molar-refractivity contribution is 6.35. The Labute approximate surface area is 130 Å². The highest BCUT2D eigenvalue weighted by Gasteiger charge is 2.35. The summed E-state index contributed by atoms with van der Waals surface area (Å²) in [5.74, 6) is 0.510. The molecular weight excluding hydrogens is 315 g/mol. The van der Waals surface area contributed by atoms with Gasteiger partial charge in [-0.05, 0) is 30.3 Å². The van der Waals surface area contributed by atoms with E-state index in [1.165, 1.54) is 0 Å². The van der Waals surface area contributed by atoms with Gasteiger partial charge in [-0.25, -0.2) is 9.89 Å². The zero-order valence-corrected chi connectivity index (χ0v) is 12.7. The number of aliphatic hydroxyl groups is 1. The van der Waals surface area contributed by atoms with Crippen LogP contribution >= 0.6 is 23.2 Å². The maximum Gasteiger partial charge on any atom is 0.340 e. The molecule has 2 aromatic rings. The molecule has 21 heavy (non-hydrogen) atoms. The zero-order chi connectivity index (χ0) is 15.1. The van der Waals surface area contributed by atoms with Gasteiger partial charge in [0.25, 0.3) is 0 Å². The summed E-state index contributed by atoms with van der Waals surface area (Å²) in [6.07, 6.45) is -0.0936. The number of likely N-dealkylation sites (N-methyl/N-ethyl adjacent to an activating group) is 1. The maximum atomic E-state index is 11.1. The molecule has 1 aromatic carbocycles. The van der Waals surface area contributed by atoms with Crippen LogP contribution in [0.15, 0.2) is 16.9 Å². The summed E-state index contributed by atoms with van der Waals surface area (Å²) in [7, 11) is 1.85. The minimum atomic E-state index is -0.577. The van der Waals surface area contributed by atoms with Gasteiger partial charge in [0, 0.05) is 16.5 Å². The van der Waals surface area contributed by atoms with E-state index in [4.69, 9.17) is 23.2 Å². The topological polar surface area (TPSA) is 85.0 Å². The third-order valence-electron chi connectivity index (χ3n) is 3.72. The fourth-order valence-corrected chi connectivity index (χ4v) is 3.46. The summed E-state index contributed by atoms with van der Waals surface area (Å²) in [5, 5.41) is 17.6. The third kappa shape index (κ3) is 2.72. The first-order valence-corrected chi connectivity index (χ1v) is 7.21. The first kappa shape index (κ1) is 14.6. The normalized spacial score (nSPS) is 21.0. The molecule has 112 valence electrons. The van der Waals surface area contributed by atoms with E-state index in [1.54, 1.807) is 6.07 Å². The molecule has 0 aliphatic heterocycles. The Morgan fingerprint density at radius 3 is 2.90 bits per heavy atom. The number of benzene rings is 1. The summed E-state index contributed by atoms with van der Waals surface area (Å²) in [5.41, 5.74) is 1.48. The average molecular weight is 329 g/mol. The predicted octanol–water partition coefficient (Wildman–Crippen LogP) is 1.49. The predicted molar refractivity (Wildman–Crippen MR) is 79.6 cm³/mol. The number of aromatic amines is 2. The second-order valence-corrected chi connectivity index (χ2v) is 6.05. The van der Waals surface area contributed by atoms with Crippen LogP contribution in [0.3, 0.4) is 0 Å². The second-order valence-electron chi connectivity index (χ2n) is 5.21. The quantitative estimate of drug-likeness (QED) is 0.797. The van der Waals surface area contributed by atoms with E-state index in [-0.39, 0.29) is 11.7 Å². The van der Waals surface area contributed by atoms with Crippen molar-refractivity contribution in [1.82, 2.24) is 20.1 Å². The maximum absolute atomic E-state index is 11.1. The van der Waals surface area contributed by atoms with Crippen LogP contribution in [-0.4, -0.2) is 38.3 Å². The standard InChI is InChI=1S/C13H14Cl2N4O2/c1-19(5-11-16-13(21)18-17-11)12-8-2-6(14)3-9(15)7(8)4-10(12)20/h2-3,10,12,20H,4-5H2,1H3,(H2,16,17,18,21)/t10-,12+/m0/s1. The number of hydrogen-bond donors (Lipinski definition) is 3. The van der Waals surface area contributed by atoms with Gasteiger partial charge in [0.15, 0.2) is 0 Å². The fourth-order valence-electron chi connectivity index (χ4n) is 2.88. The van der Waals surface area contributed by atoms with Crippen molar-refractivity contribution in [3.8, 4) is 0 Å². The number of hydrogen-bond acceptors (Lipinski definition) is 4. The van der Waals surface area contributed by atoms with Crippen LogP contribution in [0.2, 0.25) is 10.0 Å². The number of H-pyrrole nitrogens is 2. The number of nitrogens with one attached hydrogen (secondary N) is 2. The van der Waals surface area contributed by atoms with Gasteiger partial charge in [0.2, 0.25) is 0 Å². The minimum Gasteiger partial charge on any atom is -0.391 e. The highest BCUT2D eigenvalue weighted by atomic mass is 35.5. The Balaban J connectivity index is 1.91. The number of fused-ring (bicyclic) bond motifs is 1.